The first kappa shape index (κ1) is 14.8. The fraction of sp³-hybridized carbons (Fsp3) is 0.200. The SMILES string of the molecule is COc1ccc(C(C)NC(=O)c2ccc(=O)[nH]c2)cc1F. The summed E-state index contributed by atoms with van der Waals surface area (Å²) in [7, 11) is 1.39. The van der Waals surface area contributed by atoms with Crippen LogP contribution in [0, 0.1) is 5.82 Å². The van der Waals surface area contributed by atoms with Crippen LogP contribution in [0.15, 0.2) is 41.3 Å². The van der Waals surface area contributed by atoms with Gasteiger partial charge in [-0.3, -0.25) is 9.59 Å². The van der Waals surface area contributed by atoms with Crippen LogP contribution in [0.2, 0.25) is 0 Å². The Bertz CT molecular complexity index is 692. The van der Waals surface area contributed by atoms with Crippen molar-refractivity contribution >= 4 is 5.91 Å². The third-order valence-electron chi connectivity index (χ3n) is 3.07. The fourth-order valence-corrected chi connectivity index (χ4v) is 1.87. The minimum Gasteiger partial charge on any atom is -0.494 e. The molecule has 2 N–H and O–H groups in total. The molecule has 0 saturated heterocycles. The van der Waals surface area contributed by atoms with Gasteiger partial charge in [0.25, 0.3) is 5.91 Å². The predicted molar refractivity (Wildman–Crippen MR) is 75.9 cm³/mol. The van der Waals surface area contributed by atoms with Crippen molar-refractivity contribution < 1.29 is 13.9 Å². The fourth-order valence-electron chi connectivity index (χ4n) is 1.87. The number of carbonyl (C=O) groups is 1. The van der Waals surface area contributed by atoms with Gasteiger partial charge in [0.2, 0.25) is 5.56 Å². The number of amides is 1. The number of ether oxygens (including phenoxy) is 1. The zero-order valence-electron chi connectivity index (χ0n) is 11.6. The van der Waals surface area contributed by atoms with Crippen LogP contribution in [0.5, 0.6) is 5.75 Å². The summed E-state index contributed by atoms with van der Waals surface area (Å²) in [4.78, 5) is 25.4. The van der Waals surface area contributed by atoms with Crippen LogP contribution in [0.4, 0.5) is 4.39 Å². The summed E-state index contributed by atoms with van der Waals surface area (Å²) in [5.74, 6) is -0.687. The Morgan fingerprint density at radius 1 is 1.33 bits per heavy atom. The predicted octanol–water partition coefficient (Wildman–Crippen LogP) is 2.01. The molecule has 0 spiro atoms. The molecule has 1 atom stereocenters. The molecule has 0 aliphatic heterocycles. The number of hydrogen-bond donors (Lipinski definition) is 2. The van der Waals surface area contributed by atoms with Crippen molar-refractivity contribution in [3.05, 3.63) is 63.8 Å². The van der Waals surface area contributed by atoms with E-state index in [2.05, 4.69) is 10.3 Å². The summed E-state index contributed by atoms with van der Waals surface area (Å²) in [6, 6.07) is 6.82. The number of hydrogen-bond acceptors (Lipinski definition) is 3. The highest BCUT2D eigenvalue weighted by Gasteiger charge is 2.13. The molecule has 1 unspecified atom stereocenters. The Kier molecular flexibility index (Phi) is 4.37. The Hall–Kier alpha value is -2.63. The van der Waals surface area contributed by atoms with Gasteiger partial charge in [-0.1, -0.05) is 6.07 Å². The summed E-state index contributed by atoms with van der Waals surface area (Å²) in [6.07, 6.45) is 1.33. The van der Waals surface area contributed by atoms with Crippen LogP contribution >= 0.6 is 0 Å². The number of aromatic amines is 1. The molecule has 1 aromatic heterocycles. The second-order valence-electron chi connectivity index (χ2n) is 4.53. The molecule has 1 amide bonds. The van der Waals surface area contributed by atoms with Crippen LogP contribution in [0.25, 0.3) is 0 Å². The lowest BCUT2D eigenvalue weighted by molar-refractivity contribution is 0.0939. The van der Waals surface area contributed by atoms with Gasteiger partial charge in [0.15, 0.2) is 11.6 Å². The smallest absolute Gasteiger partial charge is 0.253 e. The van der Waals surface area contributed by atoms with E-state index in [1.165, 1.54) is 37.6 Å². The van der Waals surface area contributed by atoms with Crippen LogP contribution in [0.1, 0.15) is 28.9 Å². The van der Waals surface area contributed by atoms with Crippen LogP contribution < -0.4 is 15.6 Å². The third-order valence-corrected chi connectivity index (χ3v) is 3.07. The Balaban J connectivity index is 2.12. The maximum atomic E-state index is 13.6. The molecule has 21 heavy (non-hydrogen) atoms. The van der Waals surface area contributed by atoms with Crippen molar-refractivity contribution in [3.63, 3.8) is 0 Å². The van der Waals surface area contributed by atoms with E-state index in [1.807, 2.05) is 0 Å². The highest BCUT2D eigenvalue weighted by molar-refractivity contribution is 5.94. The molecule has 2 aromatic rings. The van der Waals surface area contributed by atoms with E-state index in [-0.39, 0.29) is 23.3 Å². The molecule has 2 rings (SSSR count). The van der Waals surface area contributed by atoms with Crippen molar-refractivity contribution in [1.29, 1.82) is 0 Å². The average molecular weight is 290 g/mol. The molecular formula is C15H15FN2O3. The highest BCUT2D eigenvalue weighted by Crippen LogP contribution is 2.21. The Labute approximate surface area is 120 Å². The zero-order chi connectivity index (χ0) is 15.4. The topological polar surface area (TPSA) is 71.2 Å². The van der Waals surface area contributed by atoms with Gasteiger partial charge in [-0.25, -0.2) is 4.39 Å². The number of nitrogens with one attached hydrogen (secondary N) is 2. The minimum atomic E-state index is -0.486. The van der Waals surface area contributed by atoms with Gasteiger partial charge >= 0.3 is 0 Å². The van der Waals surface area contributed by atoms with Crippen LogP contribution in [0.3, 0.4) is 0 Å². The Morgan fingerprint density at radius 2 is 2.10 bits per heavy atom. The number of methoxy groups -OCH3 is 1. The van der Waals surface area contributed by atoms with Crippen molar-refractivity contribution in [1.82, 2.24) is 10.3 Å². The van der Waals surface area contributed by atoms with Crippen molar-refractivity contribution in [2.75, 3.05) is 7.11 Å². The molecule has 0 aliphatic carbocycles. The number of rotatable bonds is 4. The first-order chi connectivity index (χ1) is 10.0. The molecule has 0 bridgehead atoms. The van der Waals surface area contributed by atoms with E-state index in [0.717, 1.165) is 0 Å². The van der Waals surface area contributed by atoms with E-state index in [4.69, 9.17) is 4.74 Å². The first-order valence-corrected chi connectivity index (χ1v) is 6.34. The van der Waals surface area contributed by atoms with Gasteiger partial charge in [0.1, 0.15) is 0 Å². The lowest BCUT2D eigenvalue weighted by atomic mass is 10.1. The van der Waals surface area contributed by atoms with Crippen molar-refractivity contribution in [2.24, 2.45) is 0 Å². The van der Waals surface area contributed by atoms with Gasteiger partial charge in [-0.15, -0.1) is 0 Å². The number of aromatic nitrogens is 1. The molecule has 0 saturated carbocycles. The number of pyridine rings is 1. The van der Waals surface area contributed by atoms with Crippen molar-refractivity contribution in [3.8, 4) is 5.75 Å². The zero-order valence-corrected chi connectivity index (χ0v) is 11.6. The van der Waals surface area contributed by atoms with Crippen LogP contribution in [-0.4, -0.2) is 18.0 Å². The van der Waals surface area contributed by atoms with Crippen molar-refractivity contribution in [2.45, 2.75) is 13.0 Å². The summed E-state index contributed by atoms with van der Waals surface area (Å²) >= 11 is 0. The second-order valence-corrected chi connectivity index (χ2v) is 4.53. The van der Waals surface area contributed by atoms with Gasteiger partial charge in [0, 0.05) is 12.3 Å². The number of carbonyl (C=O) groups excluding carboxylic acids is 1. The van der Waals surface area contributed by atoms with E-state index in [0.29, 0.717) is 11.1 Å². The normalized spacial score (nSPS) is 11.8. The largest absolute Gasteiger partial charge is 0.494 e. The van der Waals surface area contributed by atoms with E-state index in [1.54, 1.807) is 13.0 Å². The summed E-state index contributed by atoms with van der Waals surface area (Å²) in [5.41, 5.74) is 0.665. The van der Waals surface area contributed by atoms with E-state index in [9.17, 15) is 14.0 Å². The molecule has 1 aromatic carbocycles. The molecule has 5 nitrogen and oxygen atoms in total. The summed E-state index contributed by atoms with van der Waals surface area (Å²) in [6.45, 7) is 1.74. The lowest BCUT2D eigenvalue weighted by Gasteiger charge is -2.15. The summed E-state index contributed by atoms with van der Waals surface area (Å²) in [5, 5.41) is 2.73. The maximum Gasteiger partial charge on any atom is 0.253 e. The molecule has 0 radical (unpaired) electrons. The first-order valence-electron chi connectivity index (χ1n) is 6.34. The number of H-pyrrole nitrogens is 1. The quantitative estimate of drug-likeness (QED) is 0.905. The lowest BCUT2D eigenvalue weighted by Crippen LogP contribution is -2.27. The van der Waals surface area contributed by atoms with Gasteiger partial charge in [-0.05, 0) is 30.7 Å². The maximum absolute atomic E-state index is 13.6. The van der Waals surface area contributed by atoms with E-state index < -0.39 is 5.82 Å². The third kappa shape index (κ3) is 3.47. The minimum absolute atomic E-state index is 0.151. The number of halogens is 1. The van der Waals surface area contributed by atoms with Crippen LogP contribution in [-0.2, 0) is 0 Å². The monoisotopic (exact) mass is 290 g/mol. The molecule has 0 aliphatic rings. The molecule has 110 valence electrons. The van der Waals surface area contributed by atoms with Gasteiger partial charge in [0.05, 0.1) is 18.7 Å². The van der Waals surface area contributed by atoms with Gasteiger partial charge in [-0.2, -0.15) is 0 Å². The number of benzene rings is 1. The standard InChI is InChI=1S/C15H15FN2O3/c1-9(10-3-5-13(21-2)12(16)7-10)18-15(20)11-4-6-14(19)17-8-11/h3-9H,1-2H3,(H,17,19)(H,18,20). The molecular weight excluding hydrogens is 275 g/mol. The van der Waals surface area contributed by atoms with E-state index >= 15 is 0 Å². The molecule has 6 heteroatoms. The molecule has 0 fully saturated rings. The molecule has 1 heterocycles. The second kappa shape index (κ2) is 6.21. The summed E-state index contributed by atoms with van der Waals surface area (Å²) < 4.78 is 18.5. The van der Waals surface area contributed by atoms with Gasteiger partial charge < -0.3 is 15.0 Å². The Morgan fingerprint density at radius 3 is 2.67 bits per heavy atom. The average Bonchev–Trinajstić information content (AvgIpc) is 2.47. The highest BCUT2D eigenvalue weighted by atomic mass is 19.1.